The van der Waals surface area contributed by atoms with Crippen LogP contribution in [0.1, 0.15) is 36.7 Å². The number of piperidine rings is 1. The lowest BCUT2D eigenvalue weighted by molar-refractivity contribution is -0.152. The number of hydrogen-bond donors (Lipinski definition) is 1. The summed E-state index contributed by atoms with van der Waals surface area (Å²) in [5.74, 6) is -1.02. The van der Waals surface area contributed by atoms with Gasteiger partial charge in [0.2, 0.25) is 0 Å². The van der Waals surface area contributed by atoms with Crippen molar-refractivity contribution in [2.45, 2.75) is 26.2 Å². The van der Waals surface area contributed by atoms with E-state index in [4.69, 9.17) is 0 Å². The van der Waals surface area contributed by atoms with E-state index in [2.05, 4.69) is 20.9 Å². The molecule has 0 aromatic carbocycles. The summed E-state index contributed by atoms with van der Waals surface area (Å²) >= 11 is 3.27. The van der Waals surface area contributed by atoms with E-state index in [1.165, 1.54) is 0 Å². The fourth-order valence-corrected chi connectivity index (χ4v) is 2.82. The summed E-state index contributed by atoms with van der Waals surface area (Å²) < 4.78 is 0.807. The van der Waals surface area contributed by atoms with Crippen molar-refractivity contribution in [2.75, 3.05) is 13.1 Å². The summed E-state index contributed by atoms with van der Waals surface area (Å²) in [6, 6.07) is 3.41. The molecule has 0 spiro atoms. The van der Waals surface area contributed by atoms with Gasteiger partial charge < -0.3 is 10.0 Å². The van der Waals surface area contributed by atoms with Crippen LogP contribution in [0, 0.1) is 5.41 Å². The fourth-order valence-electron chi connectivity index (χ4n) is 2.58. The van der Waals surface area contributed by atoms with Crippen molar-refractivity contribution in [1.29, 1.82) is 0 Å². The molecule has 0 aliphatic carbocycles. The lowest BCUT2D eigenvalue weighted by Crippen LogP contribution is -2.49. The Balaban J connectivity index is 2.18. The summed E-state index contributed by atoms with van der Waals surface area (Å²) in [6.07, 6.45) is 3.43. The molecule has 1 unspecified atom stereocenters. The molecule has 6 heteroatoms. The lowest BCUT2D eigenvalue weighted by atomic mass is 9.77. The maximum atomic E-state index is 12.4. The maximum Gasteiger partial charge on any atom is 0.311 e. The zero-order chi connectivity index (χ0) is 14.8. The predicted molar refractivity (Wildman–Crippen MR) is 77.4 cm³/mol. The zero-order valence-electron chi connectivity index (χ0n) is 11.3. The number of hydrogen-bond acceptors (Lipinski definition) is 3. The smallest absolute Gasteiger partial charge is 0.311 e. The first-order valence-corrected chi connectivity index (χ1v) is 7.42. The number of carboxylic acid groups (broad SMARTS) is 1. The Hall–Kier alpha value is -1.43. The molecule has 2 rings (SSSR count). The normalized spacial score (nSPS) is 22.6. The fraction of sp³-hybridized carbons (Fsp3) is 0.500. The predicted octanol–water partition coefficient (Wildman–Crippen LogP) is 2.56. The van der Waals surface area contributed by atoms with E-state index in [1.807, 2.05) is 6.92 Å². The number of aliphatic carboxylic acids is 1. The number of likely N-dealkylation sites (tertiary alicyclic amines) is 1. The Morgan fingerprint density at radius 1 is 1.50 bits per heavy atom. The van der Waals surface area contributed by atoms with E-state index in [9.17, 15) is 14.7 Å². The molecule has 1 fully saturated rings. The second-order valence-corrected chi connectivity index (χ2v) is 6.05. The average molecular weight is 341 g/mol. The molecular weight excluding hydrogens is 324 g/mol. The van der Waals surface area contributed by atoms with Crippen LogP contribution in [0.3, 0.4) is 0 Å². The van der Waals surface area contributed by atoms with Crippen molar-refractivity contribution >= 4 is 27.8 Å². The van der Waals surface area contributed by atoms with Gasteiger partial charge in [-0.3, -0.25) is 9.59 Å². The van der Waals surface area contributed by atoms with E-state index in [-0.39, 0.29) is 12.5 Å². The topological polar surface area (TPSA) is 70.5 Å². The maximum absolute atomic E-state index is 12.4. The van der Waals surface area contributed by atoms with E-state index < -0.39 is 11.4 Å². The van der Waals surface area contributed by atoms with E-state index in [0.29, 0.717) is 31.5 Å². The Bertz CT molecular complexity index is 518. The van der Waals surface area contributed by atoms with Gasteiger partial charge in [0.15, 0.2) is 0 Å². The minimum absolute atomic E-state index is 0.198. The minimum atomic E-state index is -0.818. The van der Waals surface area contributed by atoms with E-state index >= 15 is 0 Å². The molecule has 1 aliphatic heterocycles. The summed E-state index contributed by atoms with van der Waals surface area (Å²) in [6.45, 7) is 2.71. The molecule has 0 radical (unpaired) electrons. The van der Waals surface area contributed by atoms with Gasteiger partial charge in [-0.2, -0.15) is 0 Å². The number of halogens is 1. The Kier molecular flexibility index (Phi) is 4.42. The van der Waals surface area contributed by atoms with Gasteiger partial charge in [-0.15, -0.1) is 0 Å². The highest BCUT2D eigenvalue weighted by atomic mass is 79.9. The number of pyridine rings is 1. The largest absolute Gasteiger partial charge is 0.481 e. The molecule has 1 amide bonds. The molecule has 1 aliphatic rings. The number of rotatable bonds is 3. The van der Waals surface area contributed by atoms with Crippen LogP contribution in [0.2, 0.25) is 0 Å². The molecule has 0 bridgehead atoms. The highest BCUT2D eigenvalue weighted by molar-refractivity contribution is 9.10. The number of nitrogens with zero attached hydrogens (tertiary/aromatic N) is 2. The van der Waals surface area contributed by atoms with Crippen molar-refractivity contribution in [3.8, 4) is 0 Å². The third kappa shape index (κ3) is 2.85. The standard InChI is InChI=1S/C14H17BrN2O3/c1-2-14(13(19)20)6-3-7-17(9-14)12(18)11-5-4-10(15)8-16-11/h4-5,8H,2-3,6-7,9H2,1H3,(H,19,20). The highest BCUT2D eigenvalue weighted by Gasteiger charge is 2.42. The van der Waals surface area contributed by atoms with Crippen molar-refractivity contribution in [3.63, 3.8) is 0 Å². The third-order valence-corrected chi connectivity index (χ3v) is 4.41. The minimum Gasteiger partial charge on any atom is -0.481 e. The average Bonchev–Trinajstić information content (AvgIpc) is 2.47. The van der Waals surface area contributed by atoms with Crippen molar-refractivity contribution < 1.29 is 14.7 Å². The molecule has 1 saturated heterocycles. The molecule has 1 N–H and O–H groups in total. The summed E-state index contributed by atoms with van der Waals surface area (Å²) in [5, 5.41) is 9.44. The number of carbonyl (C=O) groups is 2. The van der Waals surface area contributed by atoms with Gasteiger partial charge in [0.25, 0.3) is 5.91 Å². The van der Waals surface area contributed by atoms with Crippen molar-refractivity contribution in [2.24, 2.45) is 5.41 Å². The second kappa shape index (κ2) is 5.91. The van der Waals surface area contributed by atoms with Crippen LogP contribution in [0.15, 0.2) is 22.8 Å². The lowest BCUT2D eigenvalue weighted by Gasteiger charge is -2.39. The molecule has 5 nitrogen and oxygen atoms in total. The number of aromatic nitrogens is 1. The van der Waals surface area contributed by atoms with Gasteiger partial charge in [0, 0.05) is 23.8 Å². The summed E-state index contributed by atoms with van der Waals surface area (Å²) in [7, 11) is 0. The van der Waals surface area contributed by atoms with Gasteiger partial charge in [0.1, 0.15) is 5.69 Å². The monoisotopic (exact) mass is 340 g/mol. The second-order valence-electron chi connectivity index (χ2n) is 5.13. The molecule has 1 aromatic heterocycles. The third-order valence-electron chi connectivity index (χ3n) is 3.94. The Morgan fingerprint density at radius 2 is 2.25 bits per heavy atom. The quantitative estimate of drug-likeness (QED) is 0.917. The van der Waals surface area contributed by atoms with E-state index in [0.717, 1.165) is 4.47 Å². The molecule has 108 valence electrons. The van der Waals surface area contributed by atoms with Gasteiger partial charge >= 0.3 is 5.97 Å². The molecular formula is C14H17BrN2O3. The highest BCUT2D eigenvalue weighted by Crippen LogP contribution is 2.34. The van der Waals surface area contributed by atoms with Crippen molar-refractivity contribution in [3.05, 3.63) is 28.5 Å². The number of amides is 1. The van der Waals surface area contributed by atoms with Crippen LogP contribution >= 0.6 is 15.9 Å². The molecule has 20 heavy (non-hydrogen) atoms. The van der Waals surface area contributed by atoms with E-state index in [1.54, 1.807) is 23.2 Å². The first-order chi connectivity index (χ1) is 9.48. The number of carbonyl (C=O) groups excluding carboxylic acids is 1. The van der Waals surface area contributed by atoms with Crippen LogP contribution in [-0.2, 0) is 4.79 Å². The SMILES string of the molecule is CCC1(C(=O)O)CCCN(C(=O)c2ccc(Br)cn2)C1. The first-order valence-electron chi connectivity index (χ1n) is 6.63. The van der Waals surface area contributed by atoms with Crippen LogP contribution in [0.4, 0.5) is 0 Å². The van der Waals surface area contributed by atoms with Gasteiger partial charge in [-0.1, -0.05) is 6.92 Å². The van der Waals surface area contributed by atoms with Crippen LogP contribution in [0.5, 0.6) is 0 Å². The summed E-state index contributed by atoms with van der Waals surface area (Å²) in [5.41, 5.74) is -0.464. The molecule has 0 saturated carbocycles. The Morgan fingerprint density at radius 3 is 2.80 bits per heavy atom. The van der Waals surface area contributed by atoms with Gasteiger partial charge in [-0.05, 0) is 47.3 Å². The van der Waals surface area contributed by atoms with Crippen molar-refractivity contribution in [1.82, 2.24) is 9.88 Å². The molecule has 2 heterocycles. The van der Waals surface area contributed by atoms with Crippen LogP contribution in [-0.4, -0.2) is 40.0 Å². The van der Waals surface area contributed by atoms with Crippen LogP contribution < -0.4 is 0 Å². The zero-order valence-corrected chi connectivity index (χ0v) is 12.9. The summed E-state index contributed by atoms with van der Waals surface area (Å²) in [4.78, 5) is 29.6. The Labute approximate surface area is 126 Å². The molecule has 1 atom stereocenters. The molecule has 1 aromatic rings. The first kappa shape index (κ1) is 15.0. The van der Waals surface area contributed by atoms with Gasteiger partial charge in [0.05, 0.1) is 5.41 Å². The number of carboxylic acids is 1. The van der Waals surface area contributed by atoms with Crippen LogP contribution in [0.25, 0.3) is 0 Å². The van der Waals surface area contributed by atoms with Gasteiger partial charge in [-0.25, -0.2) is 4.98 Å².